The van der Waals surface area contributed by atoms with Crippen molar-refractivity contribution in [2.24, 2.45) is 5.92 Å². The Hall–Kier alpha value is -9.70. The highest BCUT2D eigenvalue weighted by Gasteiger charge is 2.58. The van der Waals surface area contributed by atoms with Crippen molar-refractivity contribution < 1.29 is 9.47 Å². The maximum Gasteiger partial charge on any atom is 0.178 e. The van der Waals surface area contributed by atoms with Gasteiger partial charge >= 0.3 is 0 Å². The molecule has 1 aliphatic heterocycles. The minimum Gasteiger partial charge on any atom is -0.449 e. The lowest BCUT2D eigenvalue weighted by atomic mass is 9.65. The molecule has 0 amide bonds. The van der Waals surface area contributed by atoms with Crippen LogP contribution in [-0.4, -0.2) is 0 Å². The molecular formula is C74H47NO2. The van der Waals surface area contributed by atoms with Crippen LogP contribution in [0.1, 0.15) is 50.4 Å². The van der Waals surface area contributed by atoms with Crippen molar-refractivity contribution in [2.75, 3.05) is 4.90 Å². The number of allylic oxidation sites excluding steroid dienone is 4. The fourth-order valence-corrected chi connectivity index (χ4v) is 14.9. The molecule has 3 unspecified atom stereocenters. The molecule has 0 saturated carbocycles. The highest BCUT2D eigenvalue weighted by Crippen LogP contribution is 2.69. The van der Waals surface area contributed by atoms with Gasteiger partial charge in [0.15, 0.2) is 23.0 Å². The van der Waals surface area contributed by atoms with Crippen LogP contribution in [0, 0.1) is 5.92 Å². The average molecular weight is 982 g/mol. The van der Waals surface area contributed by atoms with Crippen molar-refractivity contribution in [3.05, 3.63) is 318 Å². The van der Waals surface area contributed by atoms with E-state index in [1.165, 1.54) is 83.5 Å². The third-order valence-electron chi connectivity index (χ3n) is 17.8. The first-order chi connectivity index (χ1) is 38.2. The normalized spacial score (nSPS) is 18.1. The Morgan fingerprint density at radius 2 is 0.883 bits per heavy atom. The molecule has 3 nitrogen and oxygen atoms in total. The number of ether oxygens (including phenoxy) is 2. The van der Waals surface area contributed by atoms with E-state index in [4.69, 9.17) is 9.47 Å². The molecule has 0 bridgehead atoms. The zero-order valence-corrected chi connectivity index (χ0v) is 41.9. The summed E-state index contributed by atoms with van der Waals surface area (Å²) in [5.41, 5.74) is 25.4. The standard InChI is InChI=1S/C74H47NO2/c1-2-19-49(20-3-1)75(50-39-36-46(37-40-50)52-28-17-35-65-70(52)57-26-8-14-33-63(57)73(65)59-29-10-4-22-53(59)54-23-5-11-30-60(54)73)51-21-16-18-47(44-51)48-38-42-67-69(45-48)76-68-43-41-66-71(72(68)77-67)58-27-9-15-34-64(58)74(66)61-31-12-6-24-55(61)56-25-7-13-32-62(56)74/h1-45,55,61H. The van der Waals surface area contributed by atoms with Crippen molar-refractivity contribution in [2.45, 2.75) is 16.7 Å². The molecule has 6 aliphatic rings. The zero-order valence-electron chi connectivity index (χ0n) is 41.9. The van der Waals surface area contributed by atoms with Gasteiger partial charge in [-0.3, -0.25) is 0 Å². The van der Waals surface area contributed by atoms with Gasteiger partial charge in [-0.15, -0.1) is 0 Å². The van der Waals surface area contributed by atoms with E-state index in [1.54, 1.807) is 0 Å². The van der Waals surface area contributed by atoms with Crippen LogP contribution in [0.5, 0.6) is 23.0 Å². The number of benzene rings is 11. The summed E-state index contributed by atoms with van der Waals surface area (Å²) < 4.78 is 14.0. The summed E-state index contributed by atoms with van der Waals surface area (Å²) in [4.78, 5) is 2.35. The summed E-state index contributed by atoms with van der Waals surface area (Å²) in [6.45, 7) is 0. The fourth-order valence-electron chi connectivity index (χ4n) is 14.9. The summed E-state index contributed by atoms with van der Waals surface area (Å²) in [5, 5.41) is 0. The van der Waals surface area contributed by atoms with Gasteiger partial charge in [0.05, 0.1) is 10.8 Å². The van der Waals surface area contributed by atoms with Gasteiger partial charge in [0.25, 0.3) is 0 Å². The van der Waals surface area contributed by atoms with E-state index >= 15 is 0 Å². The average Bonchev–Trinajstić information content (AvgIpc) is 4.13. The molecule has 5 aliphatic carbocycles. The van der Waals surface area contributed by atoms with E-state index in [0.29, 0.717) is 17.4 Å². The smallest absolute Gasteiger partial charge is 0.178 e. The van der Waals surface area contributed by atoms with Crippen LogP contribution in [0.25, 0.3) is 55.6 Å². The summed E-state index contributed by atoms with van der Waals surface area (Å²) in [7, 11) is 0. The van der Waals surface area contributed by atoms with E-state index in [-0.39, 0.29) is 16.7 Å². The van der Waals surface area contributed by atoms with Gasteiger partial charge < -0.3 is 14.4 Å². The monoisotopic (exact) mass is 981 g/mol. The maximum absolute atomic E-state index is 7.04. The van der Waals surface area contributed by atoms with Gasteiger partial charge in [-0.05, 0) is 149 Å². The lowest BCUT2D eigenvalue weighted by Crippen LogP contribution is -2.32. The zero-order chi connectivity index (χ0) is 50.4. The Kier molecular flexibility index (Phi) is 8.81. The lowest BCUT2D eigenvalue weighted by molar-refractivity contribution is 0.360. The summed E-state index contributed by atoms with van der Waals surface area (Å²) in [6.07, 6.45) is 9.24. The minimum atomic E-state index is -0.388. The summed E-state index contributed by atoms with van der Waals surface area (Å²) in [6, 6.07) is 91.4. The molecule has 3 atom stereocenters. The maximum atomic E-state index is 7.04. The molecule has 11 aromatic carbocycles. The molecular weight excluding hydrogens is 935 g/mol. The topological polar surface area (TPSA) is 21.7 Å². The van der Waals surface area contributed by atoms with Gasteiger partial charge in [-0.1, -0.05) is 218 Å². The van der Waals surface area contributed by atoms with E-state index < -0.39 is 0 Å². The first-order valence-corrected chi connectivity index (χ1v) is 26.9. The number of para-hydroxylation sites is 1. The number of anilines is 3. The third kappa shape index (κ3) is 5.65. The molecule has 77 heavy (non-hydrogen) atoms. The van der Waals surface area contributed by atoms with Gasteiger partial charge in [0.1, 0.15) is 0 Å². The molecule has 17 rings (SSSR count). The van der Waals surface area contributed by atoms with Crippen molar-refractivity contribution in [1.82, 2.24) is 0 Å². The first kappa shape index (κ1) is 42.6. The van der Waals surface area contributed by atoms with Gasteiger partial charge in [0, 0.05) is 34.5 Å². The molecule has 0 radical (unpaired) electrons. The Bertz CT molecular complexity index is 4330. The fraction of sp³-hybridized carbons (Fsp3) is 0.0541. The number of fused-ring (bicyclic) bond motifs is 23. The molecule has 0 N–H and O–H groups in total. The minimum absolute atomic E-state index is 0.245. The number of hydrogen-bond donors (Lipinski definition) is 0. The van der Waals surface area contributed by atoms with Crippen LogP contribution >= 0.6 is 0 Å². The van der Waals surface area contributed by atoms with E-state index in [1.807, 2.05) is 0 Å². The second-order valence-corrected chi connectivity index (χ2v) is 21.3. The van der Waals surface area contributed by atoms with Crippen LogP contribution in [0.4, 0.5) is 17.1 Å². The van der Waals surface area contributed by atoms with Crippen LogP contribution in [0.3, 0.4) is 0 Å². The van der Waals surface area contributed by atoms with Crippen molar-refractivity contribution in [3.63, 3.8) is 0 Å². The van der Waals surface area contributed by atoms with Crippen molar-refractivity contribution in [1.29, 1.82) is 0 Å². The highest BCUT2D eigenvalue weighted by atomic mass is 16.6. The lowest BCUT2D eigenvalue weighted by Gasteiger charge is -2.36. The Morgan fingerprint density at radius 1 is 0.325 bits per heavy atom. The molecule has 0 aromatic heterocycles. The molecule has 11 aromatic rings. The Morgan fingerprint density at radius 3 is 1.66 bits per heavy atom. The predicted octanol–water partition coefficient (Wildman–Crippen LogP) is 18.9. The molecule has 360 valence electrons. The van der Waals surface area contributed by atoms with Crippen LogP contribution in [0.2, 0.25) is 0 Å². The quantitative estimate of drug-likeness (QED) is 0.172. The third-order valence-corrected chi connectivity index (χ3v) is 17.8. The SMILES string of the molecule is C1=CC2c3ccccc3C3(c4ccccc4-c4c3ccc3c4Oc4ccc(-c5cccc(N(c6ccccc6)c6ccc(-c7cccc8c7-c7ccccc7C87c8ccccc8-c8ccccc87)cc6)c5)cc4O3)C2C=C1. The largest absolute Gasteiger partial charge is 0.449 e. The Balaban J connectivity index is 0.724. The van der Waals surface area contributed by atoms with E-state index in [9.17, 15) is 0 Å². The van der Waals surface area contributed by atoms with Crippen LogP contribution in [-0.2, 0) is 10.8 Å². The van der Waals surface area contributed by atoms with Crippen molar-refractivity contribution in [3.8, 4) is 78.6 Å². The van der Waals surface area contributed by atoms with Gasteiger partial charge in [0.2, 0.25) is 0 Å². The van der Waals surface area contributed by atoms with E-state index in [2.05, 4.69) is 278 Å². The molecule has 0 saturated heterocycles. The molecule has 3 heteroatoms. The van der Waals surface area contributed by atoms with Crippen LogP contribution < -0.4 is 14.4 Å². The van der Waals surface area contributed by atoms with Gasteiger partial charge in [-0.25, -0.2) is 0 Å². The number of nitrogens with zero attached hydrogens (tertiary/aromatic N) is 1. The summed E-state index contributed by atoms with van der Waals surface area (Å²) in [5.74, 6) is 3.46. The number of hydrogen-bond acceptors (Lipinski definition) is 3. The Labute approximate surface area is 447 Å². The highest BCUT2D eigenvalue weighted by molar-refractivity contribution is 6.00. The van der Waals surface area contributed by atoms with Gasteiger partial charge in [-0.2, -0.15) is 0 Å². The van der Waals surface area contributed by atoms with Crippen LogP contribution in [0.15, 0.2) is 273 Å². The molecule has 2 spiro atoms. The first-order valence-electron chi connectivity index (χ1n) is 26.9. The van der Waals surface area contributed by atoms with Crippen molar-refractivity contribution >= 4 is 17.1 Å². The molecule has 1 heterocycles. The van der Waals surface area contributed by atoms with E-state index in [0.717, 1.165) is 45.3 Å². The second kappa shape index (κ2) is 15.9. The second-order valence-electron chi connectivity index (χ2n) is 21.3. The summed E-state index contributed by atoms with van der Waals surface area (Å²) >= 11 is 0. The molecule has 0 fully saturated rings. The predicted molar refractivity (Wildman–Crippen MR) is 311 cm³/mol. The number of rotatable bonds is 5.